The van der Waals surface area contributed by atoms with Crippen molar-refractivity contribution in [3.05, 3.63) is 485 Å². The molecule has 9 heteroatoms. The molecule has 26 aromatic rings. The Balaban J connectivity index is 0.000000108. The molecule has 6 nitrogen and oxygen atoms in total. The van der Waals surface area contributed by atoms with Crippen LogP contribution in [-0.4, -0.2) is 57.2 Å². The Morgan fingerprint density at radius 1 is 0.147 bits per heavy atom. The van der Waals surface area contributed by atoms with Crippen LogP contribution in [0.25, 0.3) is 163 Å². The fraction of sp³-hybridized carbons (Fsp3) is 0. The zero-order valence-corrected chi connectivity index (χ0v) is 75.2. The van der Waals surface area contributed by atoms with E-state index in [4.69, 9.17) is 0 Å². The van der Waals surface area contributed by atoms with Gasteiger partial charge in [-0.2, -0.15) is 0 Å². The van der Waals surface area contributed by atoms with Crippen molar-refractivity contribution < 1.29 is 0 Å². The summed E-state index contributed by atoms with van der Waals surface area (Å²) >= 11 is 1.02. The quantitative estimate of drug-likeness (QED) is 0.101. The Hall–Kier alpha value is -15.2. The average Bonchev–Trinajstić information content (AvgIpc) is 1.62. The maximum atomic E-state index is 2.45. The third-order valence-electron chi connectivity index (χ3n) is 25.1. The van der Waals surface area contributed by atoms with Crippen LogP contribution in [0.4, 0.5) is 51.2 Å². The molecule has 0 unspecified atom stereocenters. The second kappa shape index (κ2) is 33.3. The summed E-state index contributed by atoms with van der Waals surface area (Å²) in [6.07, 6.45) is 0. The topological polar surface area (TPSA) is 24.5 Å². The molecule has 0 spiro atoms. The molecule has 20 aromatic carbocycles. The molecule has 0 aliphatic rings. The van der Waals surface area contributed by atoms with Crippen LogP contribution in [0, 0.1) is 0 Å². The van der Waals surface area contributed by atoms with Crippen LogP contribution in [-0.2, 0) is 0 Å². The molecule has 0 saturated carbocycles. The fourth-order valence-corrected chi connectivity index (χ4v) is 26.1. The molecule has 0 aliphatic carbocycles. The third kappa shape index (κ3) is 14.1. The van der Waals surface area contributed by atoms with Crippen LogP contribution in [0.2, 0.25) is 0 Å². The second-order valence-corrected chi connectivity index (χ2v) is 39.5. The number of hydrogen-bond acceptors (Lipinski definition) is 3. The summed E-state index contributed by atoms with van der Waals surface area (Å²) in [4.78, 5) is 7.25. The van der Waals surface area contributed by atoms with Crippen LogP contribution >= 0.6 is 0 Å². The Labute approximate surface area is 764 Å². The van der Waals surface area contributed by atoms with E-state index < -0.39 is 0 Å². The first-order chi connectivity index (χ1) is 64.0. The Morgan fingerprint density at radius 2 is 0.403 bits per heavy atom. The molecular weight excluding hydrogens is 1760 g/mol. The van der Waals surface area contributed by atoms with Crippen LogP contribution in [0.3, 0.4) is 0 Å². The summed E-state index contributed by atoms with van der Waals surface area (Å²) < 4.78 is 15.9. The summed E-state index contributed by atoms with van der Waals surface area (Å²) in [5.74, 6) is 0. The molecular formula is C120H80N6Se3. The minimum absolute atomic E-state index is 0.326. The maximum absolute atomic E-state index is 2.45. The molecule has 0 radical (unpaired) electrons. The van der Waals surface area contributed by atoms with Crippen molar-refractivity contribution in [3.63, 3.8) is 0 Å². The van der Waals surface area contributed by atoms with Gasteiger partial charge in [0.2, 0.25) is 0 Å². The third-order valence-corrected chi connectivity index (χ3v) is 32.4. The van der Waals surface area contributed by atoms with Crippen molar-refractivity contribution in [2.45, 2.75) is 0 Å². The Morgan fingerprint density at radius 3 is 0.798 bits per heavy atom. The summed E-state index contributed by atoms with van der Waals surface area (Å²) in [5, 5.41) is 15.7. The zero-order valence-electron chi connectivity index (χ0n) is 70.1. The standard InChI is InChI=1S/2C42H28N2Se.C36H24N2Se/c1-3-13-29(14-4-1)33-17-7-10-20-38(33)43(31-24-26-42-37(27-31)36-19-9-12-22-41(36)45-42)32-23-25-35-34-18-8-11-21-39(34)44(40(35)28-32)30-15-5-2-6-16-30;1-3-11-29(12-4-1)30-19-21-32(22-20-30)43(33-24-26-42-38(27-33)37-16-8-10-18-41(37)45-42)34-23-25-36-35-15-7-9-17-39(35)44(40(36)28-34)31-13-5-2-6-14-31;1-3-11-25(12-4-1)37(27-20-22-36-32(23-27)31-16-8-10-18-35(31)39-36)28-19-21-30-29-15-7-9-17-33(29)38(34(30)24-28)26-13-5-2-6-14-26/h2*1-28H;1-24H. The molecule has 0 fully saturated rings. The molecule has 6 heterocycles. The summed E-state index contributed by atoms with van der Waals surface area (Å²) in [6.45, 7) is 0. The van der Waals surface area contributed by atoms with Gasteiger partial charge in [-0.05, 0) is 0 Å². The van der Waals surface area contributed by atoms with Crippen LogP contribution in [0.5, 0.6) is 0 Å². The first-order valence-corrected chi connectivity index (χ1v) is 48.9. The van der Waals surface area contributed by atoms with E-state index in [9.17, 15) is 0 Å². The van der Waals surface area contributed by atoms with E-state index in [1.807, 2.05) is 0 Å². The van der Waals surface area contributed by atoms with Crippen molar-refractivity contribution >= 4 is 218 Å². The van der Waals surface area contributed by atoms with Crippen LogP contribution in [0.1, 0.15) is 0 Å². The average molecular weight is 1840 g/mol. The van der Waals surface area contributed by atoms with Gasteiger partial charge in [-0.1, -0.05) is 24.3 Å². The van der Waals surface area contributed by atoms with Crippen molar-refractivity contribution in [1.29, 1.82) is 0 Å². The van der Waals surface area contributed by atoms with E-state index in [0.29, 0.717) is 43.5 Å². The van der Waals surface area contributed by atoms with Gasteiger partial charge in [-0.3, -0.25) is 0 Å². The van der Waals surface area contributed by atoms with E-state index in [2.05, 4.69) is 514 Å². The number of rotatable bonds is 14. The van der Waals surface area contributed by atoms with Crippen molar-refractivity contribution in [1.82, 2.24) is 13.7 Å². The van der Waals surface area contributed by atoms with Crippen LogP contribution in [0.15, 0.2) is 485 Å². The van der Waals surface area contributed by atoms with Crippen LogP contribution < -0.4 is 14.7 Å². The van der Waals surface area contributed by atoms with Gasteiger partial charge in [0.1, 0.15) is 0 Å². The Kier molecular flexibility index (Phi) is 19.9. The summed E-state index contributed by atoms with van der Waals surface area (Å²) in [5.41, 5.74) is 25.9. The number of hydrogen-bond donors (Lipinski definition) is 0. The molecule has 0 saturated heterocycles. The number of nitrogens with zero attached hydrogens (tertiary/aromatic N) is 6. The van der Waals surface area contributed by atoms with Gasteiger partial charge in [0.25, 0.3) is 0 Å². The van der Waals surface area contributed by atoms with E-state index in [-0.39, 0.29) is 0 Å². The predicted octanol–water partition coefficient (Wildman–Crippen LogP) is 32.2. The normalized spacial score (nSPS) is 11.6. The molecule has 6 aromatic heterocycles. The van der Waals surface area contributed by atoms with Gasteiger partial charge in [-0.25, -0.2) is 0 Å². The van der Waals surface area contributed by atoms with Crippen molar-refractivity contribution in [2.24, 2.45) is 0 Å². The van der Waals surface area contributed by atoms with Crippen molar-refractivity contribution in [2.75, 3.05) is 14.7 Å². The summed E-state index contributed by atoms with van der Waals surface area (Å²) in [7, 11) is 0. The number of anilines is 9. The molecule has 0 N–H and O–H groups in total. The number of fused-ring (bicyclic) bond motifs is 18. The summed E-state index contributed by atoms with van der Waals surface area (Å²) in [6, 6.07) is 177. The molecule has 129 heavy (non-hydrogen) atoms. The molecule has 26 rings (SSSR count). The van der Waals surface area contributed by atoms with E-state index >= 15 is 0 Å². The first kappa shape index (κ1) is 77.3. The minimum atomic E-state index is 0.326. The zero-order chi connectivity index (χ0) is 85.2. The van der Waals surface area contributed by atoms with Gasteiger partial charge < -0.3 is 0 Å². The van der Waals surface area contributed by atoms with E-state index in [0.717, 1.165) is 56.9 Å². The molecule has 0 atom stereocenters. The molecule has 0 bridgehead atoms. The molecule has 0 aliphatic heterocycles. The fourth-order valence-electron chi connectivity index (χ4n) is 19.3. The second-order valence-electron chi connectivity index (χ2n) is 32.6. The predicted molar refractivity (Wildman–Crippen MR) is 553 cm³/mol. The SMILES string of the molecule is c1ccc(-c2ccc(N(c3ccc4[se]c5ccccc5c4c3)c3ccc4c5ccccc5n(-c5ccccc5)c4c3)cc2)cc1.c1ccc(-c2ccccc2N(c2ccc3[se]c4ccccc4c3c2)c2ccc3c4ccccc4n(-c4ccccc4)c3c2)cc1.c1ccc(N(c2ccc3[se]c4ccccc4c3c2)c2ccc3c4ccccc4n(-c4ccccc4)c3c2)cc1. The van der Waals surface area contributed by atoms with Gasteiger partial charge in [0, 0.05) is 0 Å². The van der Waals surface area contributed by atoms with Gasteiger partial charge in [-0.15, -0.1) is 0 Å². The Bertz CT molecular complexity index is 8690. The number of aromatic nitrogens is 3. The van der Waals surface area contributed by atoms with E-state index in [1.165, 1.54) is 157 Å². The van der Waals surface area contributed by atoms with Crippen molar-refractivity contribution in [3.8, 4) is 39.3 Å². The van der Waals surface area contributed by atoms with Gasteiger partial charge in [0.05, 0.1) is 0 Å². The van der Waals surface area contributed by atoms with Gasteiger partial charge >= 0.3 is 747 Å². The number of para-hydroxylation sites is 8. The first-order valence-electron chi connectivity index (χ1n) is 43.8. The monoisotopic (exact) mass is 1840 g/mol. The number of benzene rings is 20. The molecule has 0 amide bonds. The van der Waals surface area contributed by atoms with Gasteiger partial charge in [0.15, 0.2) is 0 Å². The van der Waals surface area contributed by atoms with E-state index in [1.54, 1.807) is 0 Å². The molecule has 608 valence electrons.